The summed E-state index contributed by atoms with van der Waals surface area (Å²) < 4.78 is 12.6. The average Bonchev–Trinajstić information content (AvgIpc) is 3.21. The number of methoxy groups -OCH3 is 2. The highest BCUT2D eigenvalue weighted by atomic mass is 35.5. The second kappa shape index (κ2) is 8.40. The molecule has 0 fully saturated rings. The maximum Gasteiger partial charge on any atom is 0.257 e. The van der Waals surface area contributed by atoms with E-state index in [1.807, 2.05) is 48.2 Å². The summed E-state index contributed by atoms with van der Waals surface area (Å²) >= 11 is 6.14. The molecule has 1 amide bonds. The van der Waals surface area contributed by atoms with Gasteiger partial charge in [-0.05, 0) is 54.3 Å². The number of nitrogens with zero attached hydrogens (tertiary/aromatic N) is 3. The van der Waals surface area contributed by atoms with Crippen LogP contribution in [0.15, 0.2) is 42.6 Å². The highest BCUT2D eigenvalue weighted by Crippen LogP contribution is 2.33. The normalized spacial score (nSPS) is 13.1. The van der Waals surface area contributed by atoms with Gasteiger partial charge in [-0.3, -0.25) is 4.79 Å². The monoisotopic (exact) mass is 425 g/mol. The SMILES string of the molecule is CCc1c(C(=O)N2CCc3cc(OC)c(OC)cc3C2)cnn1-c1cccc(Cl)c1. The molecule has 0 atom stereocenters. The van der Waals surface area contributed by atoms with Gasteiger partial charge in [-0.1, -0.05) is 24.6 Å². The van der Waals surface area contributed by atoms with Crippen molar-refractivity contribution in [3.05, 3.63) is 70.0 Å². The van der Waals surface area contributed by atoms with E-state index in [1.54, 1.807) is 25.1 Å². The van der Waals surface area contributed by atoms with E-state index in [0.717, 1.165) is 23.4 Å². The Hall–Kier alpha value is -2.99. The molecule has 0 N–H and O–H groups in total. The molecule has 0 unspecified atom stereocenters. The number of carbonyl (C=O) groups excluding carboxylic acids is 1. The minimum atomic E-state index is -0.0134. The van der Waals surface area contributed by atoms with Crippen molar-refractivity contribution in [2.45, 2.75) is 26.3 Å². The van der Waals surface area contributed by atoms with Crippen LogP contribution in [0.2, 0.25) is 5.02 Å². The van der Waals surface area contributed by atoms with E-state index in [1.165, 1.54) is 5.56 Å². The molecule has 2 aromatic carbocycles. The van der Waals surface area contributed by atoms with Crippen LogP contribution >= 0.6 is 11.6 Å². The number of halogens is 1. The summed E-state index contributed by atoms with van der Waals surface area (Å²) in [5.74, 6) is 1.38. The first kappa shape index (κ1) is 20.3. The van der Waals surface area contributed by atoms with Crippen molar-refractivity contribution in [3.63, 3.8) is 0 Å². The molecule has 6 nitrogen and oxygen atoms in total. The Kier molecular flexibility index (Phi) is 5.68. The third kappa shape index (κ3) is 3.63. The lowest BCUT2D eigenvalue weighted by Crippen LogP contribution is -2.36. The Balaban J connectivity index is 1.63. The summed E-state index contributed by atoms with van der Waals surface area (Å²) in [4.78, 5) is 15.2. The molecule has 0 aliphatic carbocycles. The standard InChI is InChI=1S/C23H24ClN3O3/c1-4-20-19(13-25-27(20)18-7-5-6-17(24)12-18)23(28)26-9-8-15-10-21(29-2)22(30-3)11-16(15)14-26/h5-7,10-13H,4,8-9,14H2,1-3H3. The average molecular weight is 426 g/mol. The Morgan fingerprint density at radius 2 is 1.87 bits per heavy atom. The van der Waals surface area contributed by atoms with Crippen molar-refractivity contribution in [2.75, 3.05) is 20.8 Å². The van der Waals surface area contributed by atoms with Gasteiger partial charge in [0.05, 0.1) is 37.4 Å². The lowest BCUT2D eigenvalue weighted by molar-refractivity contribution is 0.0733. The van der Waals surface area contributed by atoms with Crippen LogP contribution in [0.4, 0.5) is 0 Å². The molecule has 4 rings (SSSR count). The molecule has 0 saturated carbocycles. The minimum Gasteiger partial charge on any atom is -0.493 e. The molecular formula is C23H24ClN3O3. The molecule has 1 aliphatic heterocycles. The van der Waals surface area contributed by atoms with Crippen LogP contribution in [0.5, 0.6) is 11.5 Å². The Labute approximate surface area is 181 Å². The summed E-state index contributed by atoms with van der Waals surface area (Å²) in [7, 11) is 3.25. The van der Waals surface area contributed by atoms with Gasteiger partial charge >= 0.3 is 0 Å². The molecule has 0 bridgehead atoms. The fraction of sp³-hybridized carbons (Fsp3) is 0.304. The molecule has 3 aromatic rings. The molecule has 0 saturated heterocycles. The second-order valence-corrected chi connectivity index (χ2v) is 7.64. The quantitative estimate of drug-likeness (QED) is 0.611. The highest BCUT2D eigenvalue weighted by Gasteiger charge is 2.27. The van der Waals surface area contributed by atoms with E-state index >= 15 is 0 Å². The lowest BCUT2D eigenvalue weighted by atomic mass is 9.98. The van der Waals surface area contributed by atoms with Crippen LogP contribution in [-0.4, -0.2) is 41.4 Å². The maximum absolute atomic E-state index is 13.4. The number of rotatable bonds is 5. The number of hydrogen-bond acceptors (Lipinski definition) is 4. The van der Waals surface area contributed by atoms with Crippen LogP contribution in [0.1, 0.15) is 34.1 Å². The highest BCUT2D eigenvalue weighted by molar-refractivity contribution is 6.30. The summed E-state index contributed by atoms with van der Waals surface area (Å²) in [6.45, 7) is 3.20. The first-order chi connectivity index (χ1) is 14.5. The predicted molar refractivity (Wildman–Crippen MR) is 116 cm³/mol. The van der Waals surface area contributed by atoms with E-state index < -0.39 is 0 Å². The Bertz CT molecular complexity index is 1090. The van der Waals surface area contributed by atoms with Gasteiger partial charge in [0.2, 0.25) is 0 Å². The van der Waals surface area contributed by atoms with Crippen LogP contribution in [0, 0.1) is 0 Å². The zero-order chi connectivity index (χ0) is 21.3. The second-order valence-electron chi connectivity index (χ2n) is 7.20. The van der Waals surface area contributed by atoms with E-state index in [4.69, 9.17) is 21.1 Å². The summed E-state index contributed by atoms with van der Waals surface area (Å²) in [6, 6.07) is 11.4. The van der Waals surface area contributed by atoms with Gasteiger partial charge in [-0.25, -0.2) is 4.68 Å². The Morgan fingerprint density at radius 1 is 1.13 bits per heavy atom. The number of ether oxygens (including phenoxy) is 2. The van der Waals surface area contributed by atoms with Crippen LogP contribution in [0.3, 0.4) is 0 Å². The van der Waals surface area contributed by atoms with Crippen molar-refractivity contribution in [1.82, 2.24) is 14.7 Å². The van der Waals surface area contributed by atoms with Gasteiger partial charge in [0.15, 0.2) is 11.5 Å². The largest absolute Gasteiger partial charge is 0.493 e. The maximum atomic E-state index is 13.4. The molecule has 0 radical (unpaired) electrons. The Morgan fingerprint density at radius 3 is 2.53 bits per heavy atom. The van der Waals surface area contributed by atoms with Gasteiger partial charge < -0.3 is 14.4 Å². The third-order valence-electron chi connectivity index (χ3n) is 5.49. The molecule has 30 heavy (non-hydrogen) atoms. The molecular weight excluding hydrogens is 402 g/mol. The van der Waals surface area contributed by atoms with Crippen LogP contribution in [-0.2, 0) is 19.4 Å². The van der Waals surface area contributed by atoms with Crippen LogP contribution in [0.25, 0.3) is 5.69 Å². The fourth-order valence-electron chi connectivity index (χ4n) is 3.95. The third-order valence-corrected chi connectivity index (χ3v) is 5.73. The summed E-state index contributed by atoms with van der Waals surface area (Å²) in [5, 5.41) is 5.12. The van der Waals surface area contributed by atoms with Crippen molar-refractivity contribution < 1.29 is 14.3 Å². The molecule has 156 valence electrons. The predicted octanol–water partition coefficient (Wildman–Crippen LogP) is 4.30. The minimum absolute atomic E-state index is 0.0134. The number of benzene rings is 2. The number of fused-ring (bicyclic) bond motifs is 1. The van der Waals surface area contributed by atoms with Crippen molar-refractivity contribution >= 4 is 17.5 Å². The number of aromatic nitrogens is 2. The molecule has 1 aliphatic rings. The smallest absolute Gasteiger partial charge is 0.257 e. The van der Waals surface area contributed by atoms with Gasteiger partial charge in [0, 0.05) is 18.1 Å². The molecule has 0 spiro atoms. The zero-order valence-electron chi connectivity index (χ0n) is 17.3. The van der Waals surface area contributed by atoms with E-state index in [9.17, 15) is 4.79 Å². The number of carbonyl (C=O) groups is 1. The van der Waals surface area contributed by atoms with Gasteiger partial charge in [-0.2, -0.15) is 5.10 Å². The van der Waals surface area contributed by atoms with Crippen molar-refractivity contribution in [1.29, 1.82) is 0 Å². The van der Waals surface area contributed by atoms with Gasteiger partial charge in [0.1, 0.15) is 0 Å². The van der Waals surface area contributed by atoms with Gasteiger partial charge in [-0.15, -0.1) is 0 Å². The van der Waals surface area contributed by atoms with E-state index in [2.05, 4.69) is 5.10 Å². The van der Waals surface area contributed by atoms with Crippen LogP contribution < -0.4 is 9.47 Å². The summed E-state index contributed by atoms with van der Waals surface area (Å²) in [6.07, 6.45) is 3.11. The van der Waals surface area contributed by atoms with Gasteiger partial charge in [0.25, 0.3) is 5.91 Å². The number of hydrogen-bond donors (Lipinski definition) is 0. The molecule has 2 heterocycles. The topological polar surface area (TPSA) is 56.6 Å². The summed E-state index contributed by atoms with van der Waals surface area (Å²) in [5.41, 5.74) is 4.61. The van der Waals surface area contributed by atoms with E-state index in [0.29, 0.717) is 41.6 Å². The molecule has 7 heteroatoms. The number of amides is 1. The fourth-order valence-corrected chi connectivity index (χ4v) is 4.13. The van der Waals surface area contributed by atoms with Crippen molar-refractivity contribution in [3.8, 4) is 17.2 Å². The van der Waals surface area contributed by atoms with E-state index in [-0.39, 0.29) is 5.91 Å². The lowest BCUT2D eigenvalue weighted by Gasteiger charge is -2.29. The first-order valence-electron chi connectivity index (χ1n) is 9.91. The van der Waals surface area contributed by atoms with Crippen molar-refractivity contribution in [2.24, 2.45) is 0 Å². The first-order valence-corrected chi connectivity index (χ1v) is 10.3. The molecule has 1 aromatic heterocycles. The zero-order valence-corrected chi connectivity index (χ0v) is 18.1.